The van der Waals surface area contributed by atoms with Crippen molar-refractivity contribution < 1.29 is 9.90 Å². The molecule has 2 atom stereocenters. The molecule has 0 aliphatic carbocycles. The minimum Gasteiger partial charge on any atom is -0.502 e. The lowest BCUT2D eigenvalue weighted by molar-refractivity contribution is 0.0678. The molecule has 3 aromatic rings. The van der Waals surface area contributed by atoms with Crippen LogP contribution in [0.25, 0.3) is 0 Å². The van der Waals surface area contributed by atoms with E-state index in [1.807, 2.05) is 36.4 Å². The molecule has 0 bridgehead atoms. The van der Waals surface area contributed by atoms with Crippen molar-refractivity contribution in [1.29, 1.82) is 0 Å². The lowest BCUT2D eigenvalue weighted by Gasteiger charge is -2.37. The largest absolute Gasteiger partial charge is 0.502 e. The summed E-state index contributed by atoms with van der Waals surface area (Å²) in [5.74, 6) is -0.930. The van der Waals surface area contributed by atoms with E-state index >= 15 is 0 Å². The number of hydrogen-bond acceptors (Lipinski definition) is 4. The van der Waals surface area contributed by atoms with Gasteiger partial charge < -0.3 is 10.0 Å². The predicted octanol–water partition coefficient (Wildman–Crippen LogP) is 2.60. The minimum absolute atomic E-state index is 0.00676. The maximum atomic E-state index is 12.6. The van der Waals surface area contributed by atoms with Crippen LogP contribution in [0.3, 0.4) is 0 Å². The van der Waals surface area contributed by atoms with Gasteiger partial charge in [-0.3, -0.25) is 14.3 Å². The third kappa shape index (κ3) is 3.17. The van der Waals surface area contributed by atoms with Crippen LogP contribution in [0.4, 0.5) is 0 Å². The summed E-state index contributed by atoms with van der Waals surface area (Å²) >= 11 is 0. The number of amides is 1. The van der Waals surface area contributed by atoms with E-state index in [-0.39, 0.29) is 17.7 Å². The van der Waals surface area contributed by atoms with E-state index in [1.165, 1.54) is 10.2 Å². The fourth-order valence-electron chi connectivity index (χ4n) is 3.87. The third-order valence-corrected chi connectivity index (χ3v) is 5.30. The van der Waals surface area contributed by atoms with E-state index in [4.69, 9.17) is 0 Å². The first-order valence-corrected chi connectivity index (χ1v) is 9.21. The van der Waals surface area contributed by atoms with Crippen molar-refractivity contribution in [3.8, 4) is 5.75 Å². The van der Waals surface area contributed by atoms with Crippen LogP contribution in [0.2, 0.25) is 0 Å². The van der Waals surface area contributed by atoms with Gasteiger partial charge in [0.2, 0.25) is 5.43 Å². The number of rotatable bonds is 4. The second-order valence-electron chi connectivity index (χ2n) is 7.11. The number of carbonyl (C=O) groups is 1. The monoisotopic (exact) mass is 375 g/mol. The van der Waals surface area contributed by atoms with E-state index < -0.39 is 17.1 Å². The Morgan fingerprint density at radius 1 is 1.07 bits per heavy atom. The number of benzene rings is 2. The number of aromatic hydroxyl groups is 1. The Labute approximate surface area is 162 Å². The molecule has 0 saturated heterocycles. The van der Waals surface area contributed by atoms with Crippen LogP contribution < -0.4 is 5.43 Å². The van der Waals surface area contributed by atoms with Crippen molar-refractivity contribution in [1.82, 2.24) is 14.7 Å². The molecule has 2 unspecified atom stereocenters. The molecule has 142 valence electrons. The first-order chi connectivity index (χ1) is 13.6. The summed E-state index contributed by atoms with van der Waals surface area (Å²) in [7, 11) is 1.68. The second kappa shape index (κ2) is 7.31. The highest BCUT2D eigenvalue weighted by Gasteiger charge is 2.37. The standard InChI is InChI=1S/C22H21N3O3/c1-24-14-18(25-20(22(24)28)21(27)19(26)13-23-25)17(16-10-6-3-7-11-16)12-15-8-4-2-5-9-15/h2-11,13,17-18,27H,12,14H2,1H3. The maximum absolute atomic E-state index is 12.6. The van der Waals surface area contributed by atoms with Crippen LogP contribution in [0.15, 0.2) is 71.7 Å². The Bertz CT molecular complexity index is 1050. The predicted molar refractivity (Wildman–Crippen MR) is 105 cm³/mol. The van der Waals surface area contributed by atoms with Gasteiger partial charge in [-0.15, -0.1) is 0 Å². The summed E-state index contributed by atoms with van der Waals surface area (Å²) in [5, 5.41) is 14.5. The summed E-state index contributed by atoms with van der Waals surface area (Å²) in [5.41, 5.74) is 1.60. The lowest BCUT2D eigenvalue weighted by Crippen LogP contribution is -2.45. The van der Waals surface area contributed by atoms with Crippen molar-refractivity contribution in [2.24, 2.45) is 0 Å². The van der Waals surface area contributed by atoms with Gasteiger partial charge in [0.1, 0.15) is 0 Å². The van der Waals surface area contributed by atoms with Crippen LogP contribution in [0, 0.1) is 0 Å². The smallest absolute Gasteiger partial charge is 0.275 e. The normalized spacial score (nSPS) is 17.2. The summed E-state index contributed by atoms with van der Waals surface area (Å²) in [6, 6.07) is 20.0. The number of carbonyl (C=O) groups excluding carboxylic acids is 1. The highest BCUT2D eigenvalue weighted by atomic mass is 16.3. The molecule has 1 amide bonds. The van der Waals surface area contributed by atoms with Crippen LogP contribution in [0.5, 0.6) is 5.75 Å². The summed E-state index contributed by atoms with van der Waals surface area (Å²) in [6.45, 7) is 0.438. The zero-order valence-corrected chi connectivity index (χ0v) is 15.5. The maximum Gasteiger partial charge on any atom is 0.275 e. The van der Waals surface area contributed by atoms with E-state index in [2.05, 4.69) is 29.4 Å². The number of aromatic nitrogens is 2. The molecule has 1 N–H and O–H groups in total. The third-order valence-electron chi connectivity index (χ3n) is 5.30. The Kier molecular flexibility index (Phi) is 4.69. The Balaban J connectivity index is 1.85. The molecule has 2 heterocycles. The van der Waals surface area contributed by atoms with Gasteiger partial charge in [-0.2, -0.15) is 5.10 Å². The fraction of sp³-hybridized carbons (Fsp3) is 0.227. The van der Waals surface area contributed by atoms with E-state index in [1.54, 1.807) is 11.9 Å². The molecule has 1 aliphatic rings. The van der Waals surface area contributed by atoms with Gasteiger partial charge in [0.05, 0.1) is 12.2 Å². The zero-order chi connectivity index (χ0) is 19.7. The number of fused-ring (bicyclic) bond motifs is 1. The average molecular weight is 375 g/mol. The molecule has 2 aromatic carbocycles. The average Bonchev–Trinajstić information content (AvgIpc) is 2.73. The van der Waals surface area contributed by atoms with Crippen molar-refractivity contribution >= 4 is 5.91 Å². The van der Waals surface area contributed by atoms with Crippen molar-refractivity contribution in [2.45, 2.75) is 18.4 Å². The number of likely N-dealkylation sites (N-methyl/N-ethyl adjacent to an activating group) is 1. The molecule has 28 heavy (non-hydrogen) atoms. The van der Waals surface area contributed by atoms with Gasteiger partial charge in [0, 0.05) is 19.5 Å². The van der Waals surface area contributed by atoms with Crippen LogP contribution in [-0.2, 0) is 6.42 Å². The van der Waals surface area contributed by atoms with E-state index in [0.717, 1.165) is 18.2 Å². The van der Waals surface area contributed by atoms with Crippen molar-refractivity contribution in [3.05, 3.63) is 93.9 Å². The van der Waals surface area contributed by atoms with Gasteiger partial charge in [-0.1, -0.05) is 60.7 Å². The highest BCUT2D eigenvalue weighted by Crippen LogP contribution is 2.36. The first-order valence-electron chi connectivity index (χ1n) is 9.21. The van der Waals surface area contributed by atoms with Gasteiger partial charge >= 0.3 is 0 Å². The van der Waals surface area contributed by atoms with Gasteiger partial charge in [0.15, 0.2) is 11.4 Å². The minimum atomic E-state index is -0.645. The quantitative estimate of drug-likeness (QED) is 0.761. The summed E-state index contributed by atoms with van der Waals surface area (Å²) < 4.78 is 1.53. The van der Waals surface area contributed by atoms with E-state index in [0.29, 0.717) is 6.54 Å². The molecule has 4 rings (SSSR count). The zero-order valence-electron chi connectivity index (χ0n) is 15.5. The fourth-order valence-corrected chi connectivity index (χ4v) is 3.87. The Morgan fingerprint density at radius 2 is 1.71 bits per heavy atom. The Morgan fingerprint density at radius 3 is 2.39 bits per heavy atom. The topological polar surface area (TPSA) is 75.4 Å². The highest BCUT2D eigenvalue weighted by molar-refractivity contribution is 5.95. The Hall–Kier alpha value is -3.41. The molecule has 1 aromatic heterocycles. The molecule has 0 fully saturated rings. The SMILES string of the molecule is CN1CC(C(Cc2ccccc2)c2ccccc2)n2ncc(=O)c(O)c2C1=O. The lowest BCUT2D eigenvalue weighted by atomic mass is 9.84. The molecule has 1 aliphatic heterocycles. The molecule has 6 heteroatoms. The van der Waals surface area contributed by atoms with Crippen LogP contribution in [-0.4, -0.2) is 39.3 Å². The first kappa shape index (κ1) is 18.0. The molecule has 0 saturated carbocycles. The van der Waals surface area contributed by atoms with Crippen molar-refractivity contribution in [2.75, 3.05) is 13.6 Å². The second-order valence-corrected chi connectivity index (χ2v) is 7.11. The molecule has 6 nitrogen and oxygen atoms in total. The van der Waals surface area contributed by atoms with E-state index in [9.17, 15) is 14.7 Å². The molecule has 0 spiro atoms. The molecule has 0 radical (unpaired) electrons. The summed E-state index contributed by atoms with van der Waals surface area (Å²) in [6.07, 6.45) is 1.82. The summed E-state index contributed by atoms with van der Waals surface area (Å²) in [4.78, 5) is 26.0. The van der Waals surface area contributed by atoms with Crippen LogP contribution >= 0.6 is 0 Å². The van der Waals surface area contributed by atoms with Gasteiger partial charge in [0.25, 0.3) is 5.91 Å². The number of nitrogens with zero attached hydrogens (tertiary/aromatic N) is 3. The number of hydrogen-bond donors (Lipinski definition) is 1. The van der Waals surface area contributed by atoms with Crippen molar-refractivity contribution in [3.63, 3.8) is 0 Å². The van der Waals surface area contributed by atoms with Gasteiger partial charge in [-0.25, -0.2) is 0 Å². The molecular formula is C22H21N3O3. The van der Waals surface area contributed by atoms with Crippen LogP contribution in [0.1, 0.15) is 33.6 Å². The van der Waals surface area contributed by atoms with Gasteiger partial charge in [-0.05, 0) is 17.5 Å². The molecular weight excluding hydrogens is 354 g/mol.